The van der Waals surface area contributed by atoms with Crippen molar-refractivity contribution in [3.05, 3.63) is 69.9 Å². The number of hydrogen-bond donors (Lipinski definition) is 1. The van der Waals surface area contributed by atoms with E-state index in [1.54, 1.807) is 32.9 Å². The smallest absolute Gasteiger partial charge is 0.315 e. The standard InChI is InChI=1S/C27H28ClNO5/c1-14(2)34-27(32)24-15(3)29-20-11-18(16-5-8-19(28)9-6-16)12-22(31)26(20)25(24)17-7-10-21(30)23(13-17)33-4/h5-10,13-14,18,24-25,30H,11-12H2,1-4H3/t18-,24?,25-/m0/s1. The molecule has 0 saturated carbocycles. The summed E-state index contributed by atoms with van der Waals surface area (Å²) in [6.45, 7) is 5.38. The molecule has 0 aromatic heterocycles. The third-order valence-corrected chi connectivity index (χ3v) is 6.65. The fraction of sp³-hybridized carbons (Fsp3) is 0.370. The minimum absolute atomic E-state index is 0.0132. The predicted molar refractivity (Wildman–Crippen MR) is 131 cm³/mol. The van der Waals surface area contributed by atoms with Gasteiger partial charge in [0.1, 0.15) is 5.92 Å². The van der Waals surface area contributed by atoms with Crippen LogP contribution in [0.25, 0.3) is 0 Å². The van der Waals surface area contributed by atoms with E-state index in [0.29, 0.717) is 40.4 Å². The molecule has 0 radical (unpaired) electrons. The third kappa shape index (κ3) is 4.60. The lowest BCUT2D eigenvalue weighted by atomic mass is 9.69. The lowest BCUT2D eigenvalue weighted by Gasteiger charge is -2.37. The fourth-order valence-electron chi connectivity index (χ4n) is 4.89. The second-order valence-corrected chi connectivity index (χ2v) is 9.50. The van der Waals surface area contributed by atoms with Crippen molar-refractivity contribution in [3.8, 4) is 11.5 Å². The van der Waals surface area contributed by atoms with E-state index in [0.717, 1.165) is 5.56 Å². The van der Waals surface area contributed by atoms with Gasteiger partial charge in [0.05, 0.1) is 13.2 Å². The minimum Gasteiger partial charge on any atom is -0.504 e. The van der Waals surface area contributed by atoms with Crippen LogP contribution >= 0.6 is 11.6 Å². The first kappa shape index (κ1) is 24.0. The van der Waals surface area contributed by atoms with Gasteiger partial charge in [-0.1, -0.05) is 29.8 Å². The topological polar surface area (TPSA) is 85.2 Å². The first-order valence-corrected chi connectivity index (χ1v) is 11.7. The second kappa shape index (κ2) is 9.63. The lowest BCUT2D eigenvalue weighted by molar-refractivity contribution is -0.150. The molecular weight excluding hydrogens is 454 g/mol. The Morgan fingerprint density at radius 2 is 1.79 bits per heavy atom. The number of methoxy groups -OCH3 is 1. The number of aromatic hydroxyl groups is 1. The fourth-order valence-corrected chi connectivity index (χ4v) is 5.01. The number of rotatable bonds is 5. The number of benzene rings is 2. The molecule has 2 aliphatic rings. The van der Waals surface area contributed by atoms with Crippen LogP contribution in [0.3, 0.4) is 0 Å². The molecule has 1 aliphatic carbocycles. The second-order valence-electron chi connectivity index (χ2n) is 9.07. The summed E-state index contributed by atoms with van der Waals surface area (Å²) >= 11 is 6.04. The normalized spacial score (nSPS) is 22.4. The van der Waals surface area contributed by atoms with E-state index in [1.807, 2.05) is 24.3 Å². The van der Waals surface area contributed by atoms with Crippen LogP contribution in [-0.4, -0.2) is 35.8 Å². The molecule has 3 atom stereocenters. The van der Waals surface area contributed by atoms with Gasteiger partial charge in [-0.2, -0.15) is 0 Å². The molecule has 1 heterocycles. The molecule has 34 heavy (non-hydrogen) atoms. The Morgan fingerprint density at radius 3 is 2.44 bits per heavy atom. The third-order valence-electron chi connectivity index (χ3n) is 6.40. The highest BCUT2D eigenvalue weighted by Crippen LogP contribution is 2.48. The summed E-state index contributed by atoms with van der Waals surface area (Å²) in [4.78, 5) is 31.5. The maximum Gasteiger partial charge on any atom is 0.315 e. The predicted octanol–water partition coefficient (Wildman–Crippen LogP) is 5.58. The molecule has 1 N–H and O–H groups in total. The molecule has 1 unspecified atom stereocenters. The molecular formula is C27H28ClNO5. The number of nitrogens with zero attached hydrogens (tertiary/aromatic N) is 1. The van der Waals surface area contributed by atoms with E-state index in [-0.39, 0.29) is 29.3 Å². The van der Waals surface area contributed by atoms with Gasteiger partial charge in [-0.3, -0.25) is 14.6 Å². The Morgan fingerprint density at radius 1 is 1.12 bits per heavy atom. The van der Waals surface area contributed by atoms with Crippen molar-refractivity contribution in [2.75, 3.05) is 7.11 Å². The summed E-state index contributed by atoms with van der Waals surface area (Å²) in [5, 5.41) is 10.8. The lowest BCUT2D eigenvalue weighted by Crippen LogP contribution is -2.38. The van der Waals surface area contributed by atoms with Gasteiger partial charge >= 0.3 is 5.97 Å². The van der Waals surface area contributed by atoms with Crippen molar-refractivity contribution in [2.45, 2.75) is 51.6 Å². The highest BCUT2D eigenvalue weighted by atomic mass is 35.5. The number of carbonyl (C=O) groups excluding carboxylic acids is 2. The maximum absolute atomic E-state index is 13.6. The van der Waals surface area contributed by atoms with E-state index in [9.17, 15) is 14.7 Å². The summed E-state index contributed by atoms with van der Waals surface area (Å²) in [7, 11) is 1.46. The van der Waals surface area contributed by atoms with E-state index >= 15 is 0 Å². The Bertz CT molecular complexity index is 1180. The minimum atomic E-state index is -0.744. The molecule has 4 rings (SSSR count). The van der Waals surface area contributed by atoms with Crippen LogP contribution in [0.5, 0.6) is 11.5 Å². The number of halogens is 1. The molecule has 1 aliphatic heterocycles. The summed E-state index contributed by atoms with van der Waals surface area (Å²) in [6.07, 6.45) is 0.590. The Labute approximate surface area is 204 Å². The molecule has 0 amide bonds. The van der Waals surface area contributed by atoms with E-state index in [1.165, 1.54) is 13.2 Å². The molecule has 2 aromatic carbocycles. The Balaban J connectivity index is 1.82. The number of hydrogen-bond acceptors (Lipinski definition) is 6. The molecule has 0 spiro atoms. The number of Topliss-reactive ketones (excluding diaryl/α,β-unsaturated/α-hetero) is 1. The van der Waals surface area contributed by atoms with Crippen molar-refractivity contribution in [2.24, 2.45) is 10.9 Å². The number of allylic oxidation sites excluding steroid dienone is 2. The van der Waals surface area contributed by atoms with Gasteiger partial charge in [0.25, 0.3) is 0 Å². The number of phenols is 1. The Kier molecular flexibility index (Phi) is 6.80. The largest absolute Gasteiger partial charge is 0.504 e. The van der Waals surface area contributed by atoms with Crippen molar-refractivity contribution in [1.82, 2.24) is 0 Å². The van der Waals surface area contributed by atoms with E-state index < -0.39 is 17.8 Å². The molecule has 0 fully saturated rings. The van der Waals surface area contributed by atoms with Gasteiger partial charge in [0, 0.05) is 34.3 Å². The molecule has 2 aromatic rings. The number of ether oxygens (including phenoxy) is 2. The monoisotopic (exact) mass is 481 g/mol. The van der Waals surface area contributed by atoms with Crippen LogP contribution in [0, 0.1) is 5.92 Å². The van der Waals surface area contributed by atoms with Crippen LogP contribution in [-0.2, 0) is 14.3 Å². The van der Waals surface area contributed by atoms with Crippen molar-refractivity contribution in [3.63, 3.8) is 0 Å². The molecule has 6 nitrogen and oxygen atoms in total. The number of esters is 1. The molecule has 178 valence electrons. The first-order valence-electron chi connectivity index (χ1n) is 11.3. The zero-order chi connectivity index (χ0) is 24.6. The number of phenolic OH excluding ortho intramolecular Hbond substituents is 1. The van der Waals surface area contributed by atoms with Crippen molar-refractivity contribution >= 4 is 29.1 Å². The average Bonchev–Trinajstić information content (AvgIpc) is 2.78. The van der Waals surface area contributed by atoms with Crippen LogP contribution in [0.4, 0.5) is 0 Å². The molecule has 0 bridgehead atoms. The highest BCUT2D eigenvalue weighted by Gasteiger charge is 2.45. The Hall–Kier alpha value is -3.12. The number of ketones is 1. The van der Waals surface area contributed by atoms with Crippen LogP contribution in [0.2, 0.25) is 5.02 Å². The van der Waals surface area contributed by atoms with Crippen molar-refractivity contribution in [1.29, 1.82) is 0 Å². The first-order chi connectivity index (χ1) is 16.2. The van der Waals surface area contributed by atoms with Crippen LogP contribution in [0.1, 0.15) is 56.6 Å². The number of aliphatic imine (C=N–C) groups is 1. The van der Waals surface area contributed by atoms with Crippen molar-refractivity contribution < 1.29 is 24.2 Å². The highest BCUT2D eigenvalue weighted by molar-refractivity contribution is 6.30. The number of carbonyl (C=O) groups is 2. The summed E-state index contributed by atoms with van der Waals surface area (Å²) < 4.78 is 10.9. The van der Waals surface area contributed by atoms with E-state index in [2.05, 4.69) is 0 Å². The van der Waals surface area contributed by atoms with Crippen LogP contribution in [0.15, 0.2) is 58.7 Å². The van der Waals surface area contributed by atoms with Gasteiger partial charge in [-0.05, 0) is 68.5 Å². The average molecular weight is 482 g/mol. The van der Waals surface area contributed by atoms with Crippen LogP contribution < -0.4 is 4.74 Å². The molecule has 7 heteroatoms. The summed E-state index contributed by atoms with van der Waals surface area (Å²) in [5.74, 6) is -1.55. The quantitative estimate of drug-likeness (QED) is 0.563. The SMILES string of the molecule is COc1cc([C@@H]2C3=C(C[C@H](c4ccc(Cl)cc4)CC3=O)N=C(C)C2C(=O)OC(C)C)ccc1O. The van der Waals surface area contributed by atoms with Gasteiger partial charge in [-0.25, -0.2) is 0 Å². The van der Waals surface area contributed by atoms with Gasteiger partial charge in [-0.15, -0.1) is 0 Å². The van der Waals surface area contributed by atoms with Gasteiger partial charge in [0.2, 0.25) is 0 Å². The zero-order valence-electron chi connectivity index (χ0n) is 19.7. The zero-order valence-corrected chi connectivity index (χ0v) is 20.4. The summed E-state index contributed by atoms with van der Waals surface area (Å²) in [5.41, 5.74) is 3.56. The maximum atomic E-state index is 13.6. The summed E-state index contributed by atoms with van der Waals surface area (Å²) in [6, 6.07) is 12.4. The molecule has 0 saturated heterocycles. The van der Waals surface area contributed by atoms with Gasteiger partial charge in [0.15, 0.2) is 17.3 Å². The van der Waals surface area contributed by atoms with Gasteiger partial charge < -0.3 is 14.6 Å². The van der Waals surface area contributed by atoms with E-state index in [4.69, 9.17) is 26.1 Å².